The van der Waals surface area contributed by atoms with E-state index in [-0.39, 0.29) is 57.1 Å². The van der Waals surface area contributed by atoms with Gasteiger partial charge in [-0.2, -0.15) is 0 Å². The first-order chi connectivity index (χ1) is 20.3. The Labute approximate surface area is 253 Å². The molecule has 1 aromatic rings. The van der Waals surface area contributed by atoms with Crippen LogP contribution >= 0.6 is 0 Å². The van der Waals surface area contributed by atoms with E-state index in [0.717, 1.165) is 16.7 Å². The molecule has 4 amide bonds. The van der Waals surface area contributed by atoms with E-state index in [4.69, 9.17) is 9.57 Å². The molecule has 0 bridgehead atoms. The lowest BCUT2D eigenvalue weighted by molar-refractivity contribution is -0.205. The summed E-state index contributed by atoms with van der Waals surface area (Å²) in [6.07, 6.45) is 7.62. The van der Waals surface area contributed by atoms with Crippen molar-refractivity contribution in [2.24, 2.45) is 5.41 Å². The van der Waals surface area contributed by atoms with Crippen LogP contribution in [0.1, 0.15) is 70.9 Å². The largest absolute Gasteiger partial charge is 0.375 e. The maximum Gasteiger partial charge on any atom is 0.338 e. The van der Waals surface area contributed by atoms with Crippen molar-refractivity contribution in [1.29, 1.82) is 0 Å². The molecule has 2 aliphatic rings. The monoisotopic (exact) mass is 591 g/mol. The maximum atomic E-state index is 13.3. The van der Waals surface area contributed by atoms with Crippen molar-refractivity contribution in [1.82, 2.24) is 15.3 Å². The molecule has 0 saturated carbocycles. The van der Waals surface area contributed by atoms with E-state index in [2.05, 4.69) is 18.5 Å². The van der Waals surface area contributed by atoms with Gasteiger partial charge in [-0.3, -0.25) is 19.2 Å². The van der Waals surface area contributed by atoms with Crippen molar-refractivity contribution in [3.05, 3.63) is 78.0 Å². The van der Waals surface area contributed by atoms with Gasteiger partial charge < -0.3 is 19.8 Å². The van der Waals surface area contributed by atoms with Gasteiger partial charge in [-0.25, -0.2) is 4.79 Å². The first kappa shape index (κ1) is 33.2. The third-order valence-corrected chi connectivity index (χ3v) is 7.33. The standard InChI is InChI=1S/C33H41N3O7/c1-7-23-13-14-24-11-9-10-12-25(24)22-35(26(23)8-2)28(38)17-19-34-27(37)21-33(5,6)42-20-18-32(3,4)31(41)43-36-29(39)15-16-30(36)40/h7-14H,1-2,15-22H2,3-6H3,(H,34,37). The lowest BCUT2D eigenvalue weighted by atomic mass is 9.90. The number of hydrogen-bond donors (Lipinski definition) is 1. The molecule has 2 aliphatic heterocycles. The van der Waals surface area contributed by atoms with E-state index < -0.39 is 28.8 Å². The van der Waals surface area contributed by atoms with Gasteiger partial charge in [-0.1, -0.05) is 55.7 Å². The van der Waals surface area contributed by atoms with E-state index in [1.54, 1.807) is 44.7 Å². The normalized spacial score (nSPS) is 15.5. The second kappa shape index (κ2) is 14.2. The number of benzene rings is 1. The van der Waals surface area contributed by atoms with E-state index in [1.165, 1.54) is 0 Å². The van der Waals surface area contributed by atoms with Gasteiger partial charge in [-0.15, -0.1) is 5.06 Å². The summed E-state index contributed by atoms with van der Waals surface area (Å²) >= 11 is 0. The van der Waals surface area contributed by atoms with Crippen LogP contribution in [0.5, 0.6) is 0 Å². The van der Waals surface area contributed by atoms with E-state index in [9.17, 15) is 24.0 Å². The van der Waals surface area contributed by atoms with Crippen molar-refractivity contribution in [3.63, 3.8) is 0 Å². The van der Waals surface area contributed by atoms with Crippen molar-refractivity contribution in [2.45, 2.75) is 71.9 Å². The summed E-state index contributed by atoms with van der Waals surface area (Å²) in [6.45, 7) is 15.2. The molecular weight excluding hydrogens is 550 g/mol. The topological polar surface area (TPSA) is 122 Å². The number of carbonyl (C=O) groups excluding carboxylic acids is 5. The second-order valence-electron chi connectivity index (χ2n) is 11.7. The molecule has 43 heavy (non-hydrogen) atoms. The molecule has 0 aromatic heterocycles. The molecule has 0 unspecified atom stereocenters. The molecule has 1 fully saturated rings. The molecule has 1 N–H and O–H groups in total. The summed E-state index contributed by atoms with van der Waals surface area (Å²) in [6, 6.07) is 7.84. The van der Waals surface area contributed by atoms with Crippen LogP contribution in [0.25, 0.3) is 6.08 Å². The number of hydrogen-bond acceptors (Lipinski definition) is 7. The van der Waals surface area contributed by atoms with Gasteiger partial charge in [0.2, 0.25) is 11.8 Å². The van der Waals surface area contributed by atoms with Crippen LogP contribution in [-0.4, -0.2) is 58.3 Å². The molecular formula is C33H41N3O7. The highest BCUT2D eigenvalue weighted by Gasteiger charge is 2.38. The zero-order chi connectivity index (χ0) is 31.8. The van der Waals surface area contributed by atoms with Crippen LogP contribution in [0.4, 0.5) is 0 Å². The number of hydroxylamine groups is 2. The van der Waals surface area contributed by atoms with Crippen molar-refractivity contribution < 1.29 is 33.5 Å². The summed E-state index contributed by atoms with van der Waals surface area (Å²) < 4.78 is 5.91. The molecule has 0 spiro atoms. The molecule has 2 heterocycles. The Morgan fingerprint density at radius 1 is 1.00 bits per heavy atom. The van der Waals surface area contributed by atoms with Crippen LogP contribution in [0.15, 0.2) is 66.9 Å². The van der Waals surface area contributed by atoms with Gasteiger partial charge in [0.15, 0.2) is 0 Å². The molecule has 0 atom stereocenters. The highest BCUT2D eigenvalue weighted by Crippen LogP contribution is 2.27. The zero-order valence-corrected chi connectivity index (χ0v) is 25.4. The van der Waals surface area contributed by atoms with Crippen LogP contribution in [0, 0.1) is 5.41 Å². The Morgan fingerprint density at radius 2 is 1.67 bits per heavy atom. The minimum absolute atomic E-state index is 0.0214. The van der Waals surface area contributed by atoms with Crippen LogP contribution in [0.3, 0.4) is 0 Å². The van der Waals surface area contributed by atoms with Gasteiger partial charge in [-0.05, 0) is 56.9 Å². The van der Waals surface area contributed by atoms with E-state index >= 15 is 0 Å². The molecule has 3 rings (SSSR count). The summed E-state index contributed by atoms with van der Waals surface area (Å²) in [5, 5.41) is 3.33. The Bertz CT molecular complexity index is 1340. The lowest BCUT2D eigenvalue weighted by Gasteiger charge is -2.29. The third-order valence-electron chi connectivity index (χ3n) is 7.33. The average Bonchev–Trinajstić information content (AvgIpc) is 3.25. The quantitative estimate of drug-likeness (QED) is 0.338. The number of imide groups is 1. The molecule has 1 saturated heterocycles. The number of allylic oxidation sites excluding steroid dienone is 4. The molecule has 0 radical (unpaired) electrons. The number of ether oxygens (including phenoxy) is 1. The van der Waals surface area contributed by atoms with Crippen molar-refractivity contribution in [2.75, 3.05) is 13.2 Å². The third kappa shape index (κ3) is 8.84. The molecule has 10 nitrogen and oxygen atoms in total. The minimum Gasteiger partial charge on any atom is -0.375 e. The van der Waals surface area contributed by atoms with Gasteiger partial charge in [0.1, 0.15) is 0 Å². The predicted octanol–water partition coefficient (Wildman–Crippen LogP) is 4.38. The highest BCUT2D eigenvalue weighted by atomic mass is 16.7. The number of amides is 4. The molecule has 1 aromatic carbocycles. The lowest BCUT2D eigenvalue weighted by Crippen LogP contribution is -2.39. The summed E-state index contributed by atoms with van der Waals surface area (Å²) in [4.78, 5) is 68.8. The summed E-state index contributed by atoms with van der Waals surface area (Å²) in [5.74, 6) is -2.24. The van der Waals surface area contributed by atoms with Gasteiger partial charge >= 0.3 is 5.97 Å². The van der Waals surface area contributed by atoms with Crippen LogP contribution < -0.4 is 5.32 Å². The predicted molar refractivity (Wildman–Crippen MR) is 161 cm³/mol. The molecule has 0 aliphatic carbocycles. The Morgan fingerprint density at radius 3 is 2.33 bits per heavy atom. The van der Waals surface area contributed by atoms with E-state index in [1.807, 2.05) is 36.4 Å². The van der Waals surface area contributed by atoms with Crippen molar-refractivity contribution >= 4 is 35.7 Å². The molecule has 230 valence electrons. The second-order valence-corrected chi connectivity index (χ2v) is 11.7. The fourth-order valence-corrected chi connectivity index (χ4v) is 4.63. The smallest absolute Gasteiger partial charge is 0.338 e. The number of nitrogens with zero attached hydrogens (tertiary/aromatic N) is 2. The highest BCUT2D eigenvalue weighted by molar-refractivity contribution is 6.01. The van der Waals surface area contributed by atoms with Gasteiger partial charge in [0.05, 0.1) is 29.7 Å². The fraction of sp³-hybridized carbons (Fsp3) is 0.424. The zero-order valence-electron chi connectivity index (χ0n) is 25.4. The van der Waals surface area contributed by atoms with Gasteiger partial charge in [0.25, 0.3) is 11.8 Å². The minimum atomic E-state index is -1.03. The van der Waals surface area contributed by atoms with Crippen LogP contribution in [-0.2, 0) is 40.1 Å². The Kier molecular flexibility index (Phi) is 11.0. The fourth-order valence-electron chi connectivity index (χ4n) is 4.63. The first-order valence-electron chi connectivity index (χ1n) is 14.3. The van der Waals surface area contributed by atoms with E-state index in [0.29, 0.717) is 17.3 Å². The molecule has 10 heteroatoms. The van der Waals surface area contributed by atoms with Gasteiger partial charge in [0, 0.05) is 32.4 Å². The first-order valence-corrected chi connectivity index (χ1v) is 14.3. The number of nitrogens with one attached hydrogen (secondary N) is 1. The Balaban J connectivity index is 1.49. The number of fused-ring (bicyclic) bond motifs is 1. The maximum absolute atomic E-state index is 13.3. The van der Waals surface area contributed by atoms with Crippen LogP contribution in [0.2, 0.25) is 0 Å². The number of carbonyl (C=O) groups is 5. The average molecular weight is 592 g/mol. The Hall–Kier alpha value is -4.31. The SMILES string of the molecule is C=CC1=C(C=C)N(C(=O)CCNC(=O)CC(C)(C)OCCC(C)(C)C(=O)ON2C(=O)CCC2=O)Cc2ccccc2C=C1. The summed E-state index contributed by atoms with van der Waals surface area (Å²) in [7, 11) is 0. The summed E-state index contributed by atoms with van der Waals surface area (Å²) in [5.41, 5.74) is 1.54. The number of rotatable bonds is 13. The van der Waals surface area contributed by atoms with Crippen molar-refractivity contribution in [3.8, 4) is 0 Å².